The molecule has 2 aromatic carbocycles. The second-order valence-electron chi connectivity index (χ2n) is 6.87. The number of hydrogen-bond acceptors (Lipinski definition) is 5. The SMILES string of the molecule is COc1ccc(N(C)S(C)(=O)=O)cc1C(=O)N1CCN(c2ccc(F)cc2)CC1. The molecule has 3 rings (SSSR count). The summed E-state index contributed by atoms with van der Waals surface area (Å²) in [7, 11) is -0.541. The third-order valence-corrected chi connectivity index (χ3v) is 6.24. The molecule has 0 saturated carbocycles. The van der Waals surface area contributed by atoms with Crippen molar-refractivity contribution in [2.24, 2.45) is 0 Å². The van der Waals surface area contributed by atoms with Crippen molar-refractivity contribution in [3.63, 3.8) is 0 Å². The number of piperazine rings is 1. The molecule has 2 aromatic rings. The van der Waals surface area contributed by atoms with Gasteiger partial charge in [0.15, 0.2) is 0 Å². The number of hydrogen-bond donors (Lipinski definition) is 0. The first-order chi connectivity index (χ1) is 13.7. The van der Waals surface area contributed by atoms with Gasteiger partial charge in [-0.05, 0) is 42.5 Å². The Morgan fingerprint density at radius 1 is 1.07 bits per heavy atom. The van der Waals surface area contributed by atoms with Gasteiger partial charge in [0.25, 0.3) is 5.91 Å². The molecule has 1 aliphatic heterocycles. The number of methoxy groups -OCH3 is 1. The van der Waals surface area contributed by atoms with Gasteiger partial charge in [0, 0.05) is 38.9 Å². The predicted octanol–water partition coefficient (Wildman–Crippen LogP) is 2.19. The van der Waals surface area contributed by atoms with Crippen LogP contribution in [0.2, 0.25) is 0 Å². The zero-order valence-corrected chi connectivity index (χ0v) is 17.4. The van der Waals surface area contributed by atoms with Crippen molar-refractivity contribution in [1.29, 1.82) is 0 Å². The number of anilines is 2. The first-order valence-corrected chi connectivity index (χ1v) is 11.0. The van der Waals surface area contributed by atoms with Gasteiger partial charge in [-0.1, -0.05) is 0 Å². The quantitative estimate of drug-likeness (QED) is 0.740. The minimum atomic E-state index is -3.45. The molecule has 1 fully saturated rings. The minimum absolute atomic E-state index is 0.218. The van der Waals surface area contributed by atoms with E-state index >= 15 is 0 Å². The fourth-order valence-corrected chi connectivity index (χ4v) is 3.74. The molecule has 1 aliphatic rings. The summed E-state index contributed by atoms with van der Waals surface area (Å²) < 4.78 is 43.2. The van der Waals surface area contributed by atoms with Gasteiger partial charge in [-0.15, -0.1) is 0 Å². The molecule has 29 heavy (non-hydrogen) atoms. The summed E-state index contributed by atoms with van der Waals surface area (Å²) in [4.78, 5) is 16.9. The van der Waals surface area contributed by atoms with E-state index < -0.39 is 10.0 Å². The highest BCUT2D eigenvalue weighted by molar-refractivity contribution is 7.92. The van der Waals surface area contributed by atoms with E-state index in [1.165, 1.54) is 32.4 Å². The molecule has 156 valence electrons. The molecule has 0 unspecified atom stereocenters. The van der Waals surface area contributed by atoms with E-state index in [1.807, 2.05) is 0 Å². The van der Waals surface area contributed by atoms with Crippen LogP contribution in [0.15, 0.2) is 42.5 Å². The zero-order valence-electron chi connectivity index (χ0n) is 16.6. The molecule has 1 saturated heterocycles. The van der Waals surface area contributed by atoms with Crippen LogP contribution in [0.3, 0.4) is 0 Å². The summed E-state index contributed by atoms with van der Waals surface area (Å²) >= 11 is 0. The zero-order chi connectivity index (χ0) is 21.2. The number of carbonyl (C=O) groups excluding carboxylic acids is 1. The standard InChI is InChI=1S/C20H24FN3O4S/c1-22(29(3,26)27)17-8-9-19(28-2)18(14-17)20(25)24-12-10-23(11-13-24)16-6-4-15(21)5-7-16/h4-9,14H,10-13H2,1-3H3. The number of nitrogens with zero attached hydrogens (tertiary/aromatic N) is 3. The van der Waals surface area contributed by atoms with Crippen LogP contribution in [0.1, 0.15) is 10.4 Å². The van der Waals surface area contributed by atoms with Crippen molar-refractivity contribution in [2.75, 3.05) is 55.8 Å². The van der Waals surface area contributed by atoms with Crippen molar-refractivity contribution >= 4 is 27.3 Å². The van der Waals surface area contributed by atoms with Crippen molar-refractivity contribution in [3.8, 4) is 5.75 Å². The molecule has 0 bridgehead atoms. The van der Waals surface area contributed by atoms with Gasteiger partial charge in [-0.3, -0.25) is 9.10 Å². The Kier molecular flexibility index (Phi) is 5.97. The molecule has 0 spiro atoms. The molecule has 9 heteroatoms. The van der Waals surface area contributed by atoms with Crippen LogP contribution in [0, 0.1) is 5.82 Å². The highest BCUT2D eigenvalue weighted by Crippen LogP contribution is 2.27. The molecule has 7 nitrogen and oxygen atoms in total. The number of ether oxygens (including phenoxy) is 1. The topological polar surface area (TPSA) is 70.2 Å². The van der Waals surface area contributed by atoms with E-state index in [1.54, 1.807) is 29.2 Å². The van der Waals surface area contributed by atoms with Gasteiger partial charge >= 0.3 is 0 Å². The lowest BCUT2D eigenvalue weighted by Crippen LogP contribution is -2.48. The van der Waals surface area contributed by atoms with E-state index in [4.69, 9.17) is 4.74 Å². The number of halogens is 1. The maximum absolute atomic E-state index is 13.1. The summed E-state index contributed by atoms with van der Waals surface area (Å²) in [5.74, 6) is -0.112. The number of amides is 1. The second-order valence-corrected chi connectivity index (χ2v) is 8.88. The van der Waals surface area contributed by atoms with Crippen molar-refractivity contribution in [1.82, 2.24) is 4.90 Å². The summed E-state index contributed by atoms with van der Waals surface area (Å²) in [6.07, 6.45) is 1.10. The van der Waals surface area contributed by atoms with Gasteiger partial charge in [-0.25, -0.2) is 12.8 Å². The Bertz CT molecular complexity index is 987. The van der Waals surface area contributed by atoms with Crippen LogP contribution in [0.5, 0.6) is 5.75 Å². The van der Waals surface area contributed by atoms with Gasteiger partial charge in [0.05, 0.1) is 24.6 Å². The van der Waals surface area contributed by atoms with Crippen LogP contribution in [-0.2, 0) is 10.0 Å². The number of carbonyl (C=O) groups is 1. The Morgan fingerprint density at radius 2 is 1.69 bits per heavy atom. The highest BCUT2D eigenvalue weighted by Gasteiger charge is 2.26. The summed E-state index contributed by atoms with van der Waals surface area (Å²) in [6, 6.07) is 11.0. The van der Waals surface area contributed by atoms with Gasteiger partial charge in [0.2, 0.25) is 10.0 Å². The van der Waals surface area contributed by atoms with Crippen LogP contribution in [0.4, 0.5) is 15.8 Å². The lowest BCUT2D eigenvalue weighted by atomic mass is 10.1. The largest absolute Gasteiger partial charge is 0.496 e. The highest BCUT2D eigenvalue weighted by atomic mass is 32.2. The average molecular weight is 421 g/mol. The smallest absolute Gasteiger partial charge is 0.257 e. The van der Waals surface area contributed by atoms with Gasteiger partial charge < -0.3 is 14.5 Å². The van der Waals surface area contributed by atoms with Crippen molar-refractivity contribution in [3.05, 3.63) is 53.8 Å². The van der Waals surface area contributed by atoms with E-state index in [2.05, 4.69) is 4.90 Å². The number of sulfonamides is 1. The van der Waals surface area contributed by atoms with E-state index in [0.717, 1.165) is 16.2 Å². The minimum Gasteiger partial charge on any atom is -0.496 e. The molecule has 0 radical (unpaired) electrons. The lowest BCUT2D eigenvalue weighted by Gasteiger charge is -2.36. The number of rotatable bonds is 5. The Morgan fingerprint density at radius 3 is 2.24 bits per heavy atom. The lowest BCUT2D eigenvalue weighted by molar-refractivity contribution is 0.0743. The second kappa shape index (κ2) is 8.28. The third kappa shape index (κ3) is 4.61. The van der Waals surface area contributed by atoms with Crippen molar-refractivity contribution < 1.29 is 22.3 Å². The summed E-state index contributed by atoms with van der Waals surface area (Å²) in [6.45, 7) is 2.21. The molecule has 0 N–H and O–H groups in total. The fourth-order valence-electron chi connectivity index (χ4n) is 3.24. The third-order valence-electron chi connectivity index (χ3n) is 5.03. The average Bonchev–Trinajstić information content (AvgIpc) is 2.72. The van der Waals surface area contributed by atoms with Gasteiger partial charge in [-0.2, -0.15) is 0 Å². The van der Waals surface area contributed by atoms with Crippen LogP contribution < -0.4 is 13.9 Å². The van der Waals surface area contributed by atoms with Crippen LogP contribution in [-0.4, -0.2) is 65.8 Å². The molecule has 0 aliphatic carbocycles. The molecule has 0 aromatic heterocycles. The van der Waals surface area contributed by atoms with E-state index in [9.17, 15) is 17.6 Å². The van der Waals surface area contributed by atoms with Crippen LogP contribution in [0.25, 0.3) is 0 Å². The first-order valence-electron chi connectivity index (χ1n) is 9.12. The Labute approximate surface area is 170 Å². The number of benzene rings is 2. The van der Waals surface area contributed by atoms with E-state index in [0.29, 0.717) is 43.2 Å². The first kappa shape index (κ1) is 20.9. The maximum atomic E-state index is 13.1. The van der Waals surface area contributed by atoms with Crippen LogP contribution >= 0.6 is 0 Å². The molecule has 1 heterocycles. The molecule has 0 atom stereocenters. The predicted molar refractivity (Wildman–Crippen MR) is 111 cm³/mol. The normalized spacial score (nSPS) is 14.6. The summed E-state index contributed by atoms with van der Waals surface area (Å²) in [5.41, 5.74) is 1.62. The maximum Gasteiger partial charge on any atom is 0.257 e. The summed E-state index contributed by atoms with van der Waals surface area (Å²) in [5, 5.41) is 0. The van der Waals surface area contributed by atoms with E-state index in [-0.39, 0.29) is 11.7 Å². The molecular weight excluding hydrogens is 397 g/mol. The monoisotopic (exact) mass is 421 g/mol. The molecule has 1 amide bonds. The van der Waals surface area contributed by atoms with Crippen molar-refractivity contribution in [2.45, 2.75) is 0 Å². The Hall–Kier alpha value is -2.81. The Balaban J connectivity index is 1.77. The molecular formula is C20H24FN3O4S. The fraction of sp³-hybridized carbons (Fsp3) is 0.350. The van der Waals surface area contributed by atoms with Gasteiger partial charge in [0.1, 0.15) is 11.6 Å².